The van der Waals surface area contributed by atoms with Crippen LogP contribution < -0.4 is 14.8 Å². The molecular weight excluding hydrogens is 270 g/mol. The maximum absolute atomic E-state index is 11.9. The fourth-order valence-corrected chi connectivity index (χ4v) is 2.14. The summed E-state index contributed by atoms with van der Waals surface area (Å²) in [5, 5.41) is 0. The molecule has 8 heteroatoms. The summed E-state index contributed by atoms with van der Waals surface area (Å²) in [7, 11) is -2.76. The Morgan fingerprint density at radius 3 is 2.47 bits per heavy atom. The fraction of sp³-hybridized carbons (Fsp3) is 0.364. The SMILES string of the molecule is CC(C)OC(=O)NS(=O)(=O)N(C)c1ccccc1N. The molecule has 0 aliphatic heterocycles. The molecule has 0 heterocycles. The van der Waals surface area contributed by atoms with E-state index in [2.05, 4.69) is 0 Å². The van der Waals surface area contributed by atoms with Gasteiger partial charge in [-0.1, -0.05) is 12.1 Å². The van der Waals surface area contributed by atoms with E-state index >= 15 is 0 Å². The van der Waals surface area contributed by atoms with Crippen LogP contribution in [0.3, 0.4) is 0 Å². The second kappa shape index (κ2) is 5.79. The summed E-state index contributed by atoms with van der Waals surface area (Å²) < 4.78 is 31.3. The van der Waals surface area contributed by atoms with E-state index in [1.54, 1.807) is 36.8 Å². The minimum Gasteiger partial charge on any atom is -0.446 e. The van der Waals surface area contributed by atoms with Crippen molar-refractivity contribution in [3.05, 3.63) is 24.3 Å². The van der Waals surface area contributed by atoms with Gasteiger partial charge in [0.05, 0.1) is 17.5 Å². The summed E-state index contributed by atoms with van der Waals surface area (Å²) in [6.45, 7) is 3.23. The first-order valence-electron chi connectivity index (χ1n) is 5.56. The Morgan fingerprint density at radius 2 is 1.95 bits per heavy atom. The highest BCUT2D eigenvalue weighted by Crippen LogP contribution is 2.22. The van der Waals surface area contributed by atoms with Crippen molar-refractivity contribution >= 4 is 27.7 Å². The van der Waals surface area contributed by atoms with E-state index in [4.69, 9.17) is 10.5 Å². The zero-order chi connectivity index (χ0) is 14.6. The molecule has 7 nitrogen and oxygen atoms in total. The van der Waals surface area contributed by atoms with Crippen molar-refractivity contribution in [2.45, 2.75) is 20.0 Å². The summed E-state index contributed by atoms with van der Waals surface area (Å²) >= 11 is 0. The third-order valence-corrected chi connectivity index (χ3v) is 3.53. The van der Waals surface area contributed by atoms with Gasteiger partial charge in [0.15, 0.2) is 0 Å². The molecule has 0 bridgehead atoms. The van der Waals surface area contributed by atoms with Crippen LogP contribution in [0.5, 0.6) is 0 Å². The molecule has 0 aliphatic carbocycles. The van der Waals surface area contributed by atoms with Gasteiger partial charge in [0.1, 0.15) is 0 Å². The van der Waals surface area contributed by atoms with E-state index < -0.39 is 22.4 Å². The average Bonchev–Trinajstić information content (AvgIpc) is 2.26. The van der Waals surface area contributed by atoms with Crippen LogP contribution in [-0.2, 0) is 14.9 Å². The van der Waals surface area contributed by atoms with E-state index in [-0.39, 0.29) is 11.4 Å². The number of nitrogens with one attached hydrogen (secondary N) is 1. The van der Waals surface area contributed by atoms with Gasteiger partial charge in [0.2, 0.25) is 0 Å². The molecule has 0 unspecified atom stereocenters. The topological polar surface area (TPSA) is 102 Å². The number of benzene rings is 1. The van der Waals surface area contributed by atoms with Crippen LogP contribution in [0.2, 0.25) is 0 Å². The Kier molecular flexibility index (Phi) is 4.60. The molecule has 0 aliphatic rings. The number of anilines is 2. The van der Waals surface area contributed by atoms with Crippen molar-refractivity contribution in [2.24, 2.45) is 0 Å². The molecule has 0 aromatic heterocycles. The standard InChI is InChI=1S/C11H17N3O4S/c1-8(2)18-11(15)13-19(16,17)14(3)10-7-5-4-6-9(10)12/h4-8H,12H2,1-3H3,(H,13,15). The number of ether oxygens (including phenoxy) is 1. The molecule has 106 valence electrons. The number of rotatable bonds is 4. The van der Waals surface area contributed by atoms with Crippen LogP contribution in [-0.4, -0.2) is 27.7 Å². The van der Waals surface area contributed by atoms with Gasteiger partial charge in [-0.2, -0.15) is 8.42 Å². The molecule has 0 fully saturated rings. The minimum absolute atomic E-state index is 0.271. The average molecular weight is 287 g/mol. The predicted molar refractivity (Wildman–Crippen MR) is 72.9 cm³/mol. The largest absolute Gasteiger partial charge is 0.446 e. The normalized spacial score (nSPS) is 11.2. The highest BCUT2D eigenvalue weighted by Gasteiger charge is 2.23. The number of nitrogens with two attached hydrogens (primary N) is 1. The summed E-state index contributed by atoms with van der Waals surface area (Å²) in [6, 6.07) is 6.42. The lowest BCUT2D eigenvalue weighted by molar-refractivity contribution is 0.121. The van der Waals surface area contributed by atoms with Crippen molar-refractivity contribution in [1.29, 1.82) is 0 Å². The second-order valence-electron chi connectivity index (χ2n) is 4.09. The van der Waals surface area contributed by atoms with E-state index in [1.165, 1.54) is 13.1 Å². The van der Waals surface area contributed by atoms with Gasteiger partial charge in [0.25, 0.3) is 0 Å². The van der Waals surface area contributed by atoms with E-state index in [9.17, 15) is 13.2 Å². The molecule has 0 radical (unpaired) electrons. The Balaban J connectivity index is 2.89. The quantitative estimate of drug-likeness (QED) is 0.807. The number of carbonyl (C=O) groups excluding carboxylic acids is 1. The maximum Gasteiger partial charge on any atom is 0.422 e. The number of para-hydroxylation sites is 2. The van der Waals surface area contributed by atoms with Gasteiger partial charge in [-0.3, -0.25) is 4.31 Å². The van der Waals surface area contributed by atoms with Crippen LogP contribution in [0.15, 0.2) is 24.3 Å². The van der Waals surface area contributed by atoms with Crippen LogP contribution in [0, 0.1) is 0 Å². The van der Waals surface area contributed by atoms with Gasteiger partial charge < -0.3 is 10.5 Å². The van der Waals surface area contributed by atoms with Gasteiger partial charge in [-0.05, 0) is 26.0 Å². The lowest BCUT2D eigenvalue weighted by atomic mass is 10.3. The molecule has 1 aromatic carbocycles. The molecule has 0 atom stereocenters. The summed E-state index contributed by atoms with van der Waals surface area (Å²) in [6.07, 6.45) is -1.45. The van der Waals surface area contributed by atoms with Gasteiger partial charge in [-0.25, -0.2) is 9.52 Å². The number of amides is 1. The van der Waals surface area contributed by atoms with Gasteiger partial charge >= 0.3 is 16.3 Å². The number of carbonyl (C=O) groups is 1. The van der Waals surface area contributed by atoms with E-state index in [1.807, 2.05) is 0 Å². The minimum atomic E-state index is -4.05. The second-order valence-corrected chi connectivity index (χ2v) is 5.79. The number of nitrogen functional groups attached to an aromatic ring is 1. The zero-order valence-corrected chi connectivity index (χ0v) is 11.8. The smallest absolute Gasteiger partial charge is 0.422 e. The third kappa shape index (κ3) is 4.02. The molecule has 1 aromatic rings. The third-order valence-electron chi connectivity index (χ3n) is 2.19. The highest BCUT2D eigenvalue weighted by molar-refractivity contribution is 7.91. The van der Waals surface area contributed by atoms with E-state index in [0.29, 0.717) is 0 Å². The first kappa shape index (κ1) is 15.1. The van der Waals surface area contributed by atoms with Gasteiger partial charge in [-0.15, -0.1) is 0 Å². The van der Waals surface area contributed by atoms with Crippen molar-refractivity contribution in [2.75, 3.05) is 17.1 Å². The van der Waals surface area contributed by atoms with Gasteiger partial charge in [0, 0.05) is 7.05 Å². The Bertz CT molecular complexity index is 557. The van der Waals surface area contributed by atoms with Crippen molar-refractivity contribution in [3.63, 3.8) is 0 Å². The first-order chi connectivity index (χ1) is 8.74. The van der Waals surface area contributed by atoms with Crippen molar-refractivity contribution in [1.82, 2.24) is 4.72 Å². The predicted octanol–water partition coefficient (Wildman–Crippen LogP) is 1.08. The lowest BCUT2D eigenvalue weighted by Crippen LogP contribution is -2.42. The number of hydrogen-bond acceptors (Lipinski definition) is 5. The Morgan fingerprint density at radius 1 is 1.37 bits per heavy atom. The first-order valence-corrected chi connectivity index (χ1v) is 7.00. The van der Waals surface area contributed by atoms with Crippen LogP contribution in [0.1, 0.15) is 13.8 Å². The van der Waals surface area contributed by atoms with Crippen molar-refractivity contribution in [3.8, 4) is 0 Å². The summed E-state index contributed by atoms with van der Waals surface area (Å²) in [5.41, 5.74) is 6.24. The van der Waals surface area contributed by atoms with Crippen molar-refractivity contribution < 1.29 is 17.9 Å². The molecule has 3 N–H and O–H groups in total. The molecule has 0 saturated carbocycles. The Labute approximate surface area is 112 Å². The molecule has 0 spiro atoms. The Hall–Kier alpha value is -1.96. The summed E-state index contributed by atoms with van der Waals surface area (Å²) in [4.78, 5) is 11.3. The fourth-order valence-electron chi connectivity index (χ4n) is 1.32. The van der Waals surface area contributed by atoms with E-state index in [0.717, 1.165) is 4.31 Å². The van der Waals surface area contributed by atoms with Crippen LogP contribution >= 0.6 is 0 Å². The molecule has 1 rings (SSSR count). The molecule has 1 amide bonds. The van der Waals surface area contributed by atoms with Crippen LogP contribution in [0.4, 0.5) is 16.2 Å². The monoisotopic (exact) mass is 287 g/mol. The highest BCUT2D eigenvalue weighted by atomic mass is 32.2. The number of nitrogens with zero attached hydrogens (tertiary/aromatic N) is 1. The number of hydrogen-bond donors (Lipinski definition) is 2. The maximum atomic E-state index is 11.9. The zero-order valence-electron chi connectivity index (χ0n) is 11.0. The molecule has 19 heavy (non-hydrogen) atoms. The lowest BCUT2D eigenvalue weighted by Gasteiger charge is -2.21. The summed E-state index contributed by atoms with van der Waals surface area (Å²) in [5.74, 6) is 0. The molecular formula is C11H17N3O4S. The van der Waals surface area contributed by atoms with Crippen LogP contribution in [0.25, 0.3) is 0 Å². The molecule has 0 saturated heterocycles.